The molecule has 0 spiro atoms. The molecule has 22 heavy (non-hydrogen) atoms. The fraction of sp³-hybridized carbons (Fsp3) is 0.500. The van der Waals surface area contributed by atoms with E-state index in [4.69, 9.17) is 9.47 Å². The average molecular weight is 305 g/mol. The Balaban J connectivity index is 1.70. The number of hydrogen-bond donors (Lipinski definition) is 1. The standard InChI is InChI=1S/C16H19NO5/c1-21-11-4-2-3-10(7-11)12-8-13(12)15(18)17-5-6-22-9-14(17)16(19)20/h2-4,7,12-14H,5-6,8-9H2,1H3,(H,19,20)/t12-,13+,14-/m0/s1. The number of ether oxygens (including phenoxy) is 2. The Hall–Kier alpha value is -2.08. The molecule has 1 amide bonds. The lowest BCUT2D eigenvalue weighted by Gasteiger charge is -2.33. The number of hydrogen-bond acceptors (Lipinski definition) is 4. The number of carbonyl (C=O) groups is 2. The molecule has 1 aliphatic heterocycles. The number of morpholine rings is 1. The fourth-order valence-corrected chi connectivity index (χ4v) is 2.99. The van der Waals surface area contributed by atoms with E-state index >= 15 is 0 Å². The van der Waals surface area contributed by atoms with Crippen molar-refractivity contribution < 1.29 is 24.2 Å². The van der Waals surface area contributed by atoms with Gasteiger partial charge in [0.1, 0.15) is 5.75 Å². The largest absolute Gasteiger partial charge is 0.497 e. The number of carbonyl (C=O) groups excluding carboxylic acids is 1. The van der Waals surface area contributed by atoms with Gasteiger partial charge < -0.3 is 19.5 Å². The van der Waals surface area contributed by atoms with E-state index in [9.17, 15) is 14.7 Å². The zero-order chi connectivity index (χ0) is 15.7. The lowest BCUT2D eigenvalue weighted by Crippen LogP contribution is -2.53. The summed E-state index contributed by atoms with van der Waals surface area (Å²) in [6.07, 6.45) is 0.760. The number of carboxylic acid groups (broad SMARTS) is 1. The van der Waals surface area contributed by atoms with Gasteiger partial charge in [0.05, 0.1) is 20.3 Å². The molecule has 6 nitrogen and oxygen atoms in total. The van der Waals surface area contributed by atoms with Crippen molar-refractivity contribution in [2.75, 3.05) is 26.9 Å². The molecule has 2 aliphatic rings. The molecule has 118 valence electrons. The maximum Gasteiger partial charge on any atom is 0.328 e. The monoisotopic (exact) mass is 305 g/mol. The second-order valence-electron chi connectivity index (χ2n) is 5.69. The van der Waals surface area contributed by atoms with E-state index in [0.717, 1.165) is 17.7 Å². The summed E-state index contributed by atoms with van der Waals surface area (Å²) in [5.74, 6) is -0.299. The lowest BCUT2D eigenvalue weighted by molar-refractivity contribution is -0.158. The molecule has 0 radical (unpaired) electrons. The molecule has 0 aromatic heterocycles. The van der Waals surface area contributed by atoms with Crippen molar-refractivity contribution in [3.8, 4) is 5.75 Å². The first-order chi connectivity index (χ1) is 10.6. The van der Waals surface area contributed by atoms with Crippen LogP contribution in [0.15, 0.2) is 24.3 Å². The van der Waals surface area contributed by atoms with E-state index in [1.54, 1.807) is 7.11 Å². The third kappa shape index (κ3) is 2.78. The first-order valence-corrected chi connectivity index (χ1v) is 7.37. The summed E-state index contributed by atoms with van der Waals surface area (Å²) in [6.45, 7) is 0.806. The molecule has 3 atom stereocenters. The summed E-state index contributed by atoms with van der Waals surface area (Å²) < 4.78 is 10.4. The van der Waals surface area contributed by atoms with Crippen molar-refractivity contribution in [3.63, 3.8) is 0 Å². The van der Waals surface area contributed by atoms with Gasteiger partial charge in [0.15, 0.2) is 6.04 Å². The minimum absolute atomic E-state index is 0.0671. The normalized spacial score (nSPS) is 27.3. The molecule has 1 saturated carbocycles. The number of aliphatic carboxylic acids is 1. The summed E-state index contributed by atoms with van der Waals surface area (Å²) in [5.41, 5.74) is 1.07. The van der Waals surface area contributed by atoms with Gasteiger partial charge in [0.2, 0.25) is 5.91 Å². The van der Waals surface area contributed by atoms with Crippen LogP contribution < -0.4 is 4.74 Å². The second-order valence-corrected chi connectivity index (χ2v) is 5.69. The molecule has 1 heterocycles. The van der Waals surface area contributed by atoms with E-state index in [2.05, 4.69) is 0 Å². The summed E-state index contributed by atoms with van der Waals surface area (Å²) >= 11 is 0. The smallest absolute Gasteiger partial charge is 0.328 e. The van der Waals surface area contributed by atoms with Crippen LogP contribution in [0.5, 0.6) is 5.75 Å². The number of rotatable bonds is 4. The van der Waals surface area contributed by atoms with Crippen LogP contribution in [-0.2, 0) is 14.3 Å². The SMILES string of the molecule is COc1cccc([C@@H]2C[C@H]2C(=O)N2CCOC[C@H]2C(=O)O)c1. The molecule has 1 saturated heterocycles. The molecule has 1 aromatic carbocycles. The number of amides is 1. The first-order valence-electron chi connectivity index (χ1n) is 7.37. The highest BCUT2D eigenvalue weighted by Crippen LogP contribution is 2.49. The Labute approximate surface area is 128 Å². The fourth-order valence-electron chi connectivity index (χ4n) is 2.99. The van der Waals surface area contributed by atoms with E-state index < -0.39 is 12.0 Å². The van der Waals surface area contributed by atoms with Crippen LogP contribution in [0.25, 0.3) is 0 Å². The highest BCUT2D eigenvalue weighted by atomic mass is 16.5. The molecule has 6 heteroatoms. The Morgan fingerprint density at radius 1 is 1.41 bits per heavy atom. The van der Waals surface area contributed by atoms with Crippen LogP contribution in [0.2, 0.25) is 0 Å². The third-order valence-electron chi connectivity index (χ3n) is 4.33. The molecule has 0 unspecified atom stereocenters. The summed E-state index contributed by atoms with van der Waals surface area (Å²) in [6, 6.07) is 6.82. The van der Waals surface area contributed by atoms with E-state index in [1.807, 2.05) is 24.3 Å². The Kier molecular flexibility index (Phi) is 4.02. The van der Waals surface area contributed by atoms with E-state index in [1.165, 1.54) is 4.90 Å². The van der Waals surface area contributed by atoms with Gasteiger partial charge in [-0.2, -0.15) is 0 Å². The quantitative estimate of drug-likeness (QED) is 0.902. The van der Waals surface area contributed by atoms with Crippen molar-refractivity contribution in [2.24, 2.45) is 5.92 Å². The minimum atomic E-state index is -1.01. The minimum Gasteiger partial charge on any atom is -0.497 e. The summed E-state index contributed by atoms with van der Waals surface area (Å²) in [5, 5.41) is 9.22. The van der Waals surface area contributed by atoms with Gasteiger partial charge in [0.25, 0.3) is 0 Å². The van der Waals surface area contributed by atoms with Crippen LogP contribution in [0.3, 0.4) is 0 Å². The number of carboxylic acids is 1. The number of nitrogens with zero attached hydrogens (tertiary/aromatic N) is 1. The Morgan fingerprint density at radius 3 is 2.95 bits per heavy atom. The number of methoxy groups -OCH3 is 1. The van der Waals surface area contributed by atoms with Gasteiger partial charge in [0, 0.05) is 12.5 Å². The van der Waals surface area contributed by atoms with Crippen molar-refractivity contribution in [1.82, 2.24) is 4.90 Å². The first kappa shape index (κ1) is 14.8. The van der Waals surface area contributed by atoms with Crippen LogP contribution in [0.1, 0.15) is 17.9 Å². The molecule has 3 rings (SSSR count). The predicted octanol–water partition coefficient (Wildman–Crippen LogP) is 1.11. The van der Waals surface area contributed by atoms with Gasteiger partial charge in [-0.15, -0.1) is 0 Å². The highest BCUT2D eigenvalue weighted by molar-refractivity contribution is 5.88. The molecule has 1 N–H and O–H groups in total. The highest BCUT2D eigenvalue weighted by Gasteiger charge is 2.48. The van der Waals surface area contributed by atoms with Gasteiger partial charge in [-0.1, -0.05) is 12.1 Å². The zero-order valence-corrected chi connectivity index (χ0v) is 12.4. The molecule has 0 bridgehead atoms. The van der Waals surface area contributed by atoms with Gasteiger partial charge in [-0.05, 0) is 30.0 Å². The summed E-state index contributed by atoms with van der Waals surface area (Å²) in [4.78, 5) is 25.3. The van der Waals surface area contributed by atoms with Crippen molar-refractivity contribution >= 4 is 11.9 Å². The second kappa shape index (κ2) is 5.96. The van der Waals surface area contributed by atoms with Gasteiger partial charge >= 0.3 is 5.97 Å². The van der Waals surface area contributed by atoms with E-state index in [0.29, 0.717) is 13.2 Å². The molecular weight excluding hydrogens is 286 g/mol. The zero-order valence-electron chi connectivity index (χ0n) is 12.4. The van der Waals surface area contributed by atoms with Crippen LogP contribution >= 0.6 is 0 Å². The van der Waals surface area contributed by atoms with E-state index in [-0.39, 0.29) is 24.3 Å². The summed E-state index contributed by atoms with van der Waals surface area (Å²) in [7, 11) is 1.61. The lowest BCUT2D eigenvalue weighted by atomic mass is 10.1. The molecular formula is C16H19NO5. The van der Waals surface area contributed by atoms with Crippen LogP contribution in [0, 0.1) is 5.92 Å². The maximum absolute atomic E-state index is 12.6. The number of benzene rings is 1. The van der Waals surface area contributed by atoms with Crippen molar-refractivity contribution in [2.45, 2.75) is 18.4 Å². The predicted molar refractivity (Wildman–Crippen MR) is 77.8 cm³/mol. The van der Waals surface area contributed by atoms with Crippen molar-refractivity contribution in [1.29, 1.82) is 0 Å². The molecule has 2 fully saturated rings. The maximum atomic E-state index is 12.6. The van der Waals surface area contributed by atoms with Gasteiger partial charge in [-0.25, -0.2) is 4.79 Å². The van der Waals surface area contributed by atoms with Gasteiger partial charge in [-0.3, -0.25) is 4.79 Å². The van der Waals surface area contributed by atoms with Crippen molar-refractivity contribution in [3.05, 3.63) is 29.8 Å². The van der Waals surface area contributed by atoms with Crippen LogP contribution in [-0.4, -0.2) is 54.8 Å². The Morgan fingerprint density at radius 2 is 2.23 bits per heavy atom. The molecule has 1 aliphatic carbocycles. The average Bonchev–Trinajstić information content (AvgIpc) is 3.35. The third-order valence-corrected chi connectivity index (χ3v) is 4.33. The van der Waals surface area contributed by atoms with Crippen LogP contribution in [0.4, 0.5) is 0 Å². The topological polar surface area (TPSA) is 76.1 Å². The molecule has 1 aromatic rings. The Bertz CT molecular complexity index is 588.